The van der Waals surface area contributed by atoms with Gasteiger partial charge in [-0.2, -0.15) is 0 Å². The maximum Gasteiger partial charge on any atom is 0.249 e. The summed E-state index contributed by atoms with van der Waals surface area (Å²) in [6, 6.07) is 13.4. The van der Waals surface area contributed by atoms with Crippen LogP contribution in [0.1, 0.15) is 30.0 Å². The molecule has 3 nitrogen and oxygen atoms in total. The van der Waals surface area contributed by atoms with Gasteiger partial charge in [-0.1, -0.05) is 54.4 Å². The summed E-state index contributed by atoms with van der Waals surface area (Å²) in [4.78, 5) is 17.2. The lowest BCUT2D eigenvalue weighted by atomic mass is 9.89. The highest BCUT2D eigenvalue weighted by Gasteiger charge is 2.34. The van der Waals surface area contributed by atoms with E-state index in [4.69, 9.17) is 28.2 Å². The predicted molar refractivity (Wildman–Crippen MR) is 103 cm³/mol. The molecule has 2 aromatic carbocycles. The largest absolute Gasteiger partial charge is 0.345 e. The van der Waals surface area contributed by atoms with Crippen molar-refractivity contribution >= 4 is 40.4 Å². The summed E-state index contributed by atoms with van der Waals surface area (Å²) in [5, 5.41) is 4.32. The lowest BCUT2D eigenvalue weighted by molar-refractivity contribution is -0.117. The third kappa shape index (κ3) is 2.68. The second-order valence-electron chi connectivity index (χ2n) is 6.16. The van der Waals surface area contributed by atoms with Crippen molar-refractivity contribution in [2.24, 2.45) is 4.99 Å². The Morgan fingerprint density at radius 1 is 1.12 bits per heavy atom. The molecule has 0 aromatic heterocycles. The molecule has 2 heterocycles. The zero-order valence-electron chi connectivity index (χ0n) is 13.6. The number of nitrogens with zero attached hydrogens (tertiary/aromatic N) is 1. The van der Waals surface area contributed by atoms with Gasteiger partial charge in [0.05, 0.1) is 18.3 Å². The van der Waals surface area contributed by atoms with Gasteiger partial charge in [0, 0.05) is 26.7 Å². The van der Waals surface area contributed by atoms with Gasteiger partial charge >= 0.3 is 0 Å². The normalized spacial score (nSPS) is 19.1. The summed E-state index contributed by atoms with van der Waals surface area (Å²) in [5.41, 5.74) is 5.31. The highest BCUT2D eigenvalue weighted by molar-refractivity contribution is 6.36. The minimum absolute atomic E-state index is 0.00298. The van der Waals surface area contributed by atoms with Crippen LogP contribution in [0.2, 0.25) is 10.0 Å². The first kappa shape index (κ1) is 16.4. The van der Waals surface area contributed by atoms with Crippen molar-refractivity contribution in [2.75, 3.05) is 6.54 Å². The second-order valence-corrected chi connectivity index (χ2v) is 7.00. The van der Waals surface area contributed by atoms with Gasteiger partial charge in [0.25, 0.3) is 0 Å². The SMILES string of the molecule is CCC1NC(=O)C2=C1c1ccc(Cl)cc1C(c1ccccc1Cl)=NC2. The van der Waals surface area contributed by atoms with Crippen LogP contribution >= 0.6 is 23.2 Å². The van der Waals surface area contributed by atoms with E-state index >= 15 is 0 Å². The van der Waals surface area contributed by atoms with Crippen LogP contribution < -0.4 is 5.32 Å². The third-order valence-electron chi connectivity index (χ3n) is 4.71. The number of halogens is 2. The number of carbonyl (C=O) groups excluding carboxylic acids is 1. The lowest BCUT2D eigenvalue weighted by Crippen LogP contribution is -2.28. The Morgan fingerprint density at radius 3 is 2.68 bits per heavy atom. The monoisotopic (exact) mass is 370 g/mol. The van der Waals surface area contributed by atoms with E-state index in [2.05, 4.69) is 12.2 Å². The van der Waals surface area contributed by atoms with Crippen LogP contribution in [0.15, 0.2) is 53.0 Å². The Labute approximate surface area is 156 Å². The molecule has 1 amide bonds. The van der Waals surface area contributed by atoms with E-state index in [0.29, 0.717) is 16.6 Å². The van der Waals surface area contributed by atoms with E-state index in [0.717, 1.165) is 40.0 Å². The highest BCUT2D eigenvalue weighted by Crippen LogP contribution is 2.37. The van der Waals surface area contributed by atoms with Gasteiger partial charge in [0.2, 0.25) is 5.91 Å². The topological polar surface area (TPSA) is 41.5 Å². The molecule has 2 aliphatic heterocycles. The average molecular weight is 371 g/mol. The fourth-order valence-corrected chi connectivity index (χ4v) is 3.93. The molecule has 2 aliphatic rings. The number of amides is 1. The maximum absolute atomic E-state index is 12.4. The Morgan fingerprint density at radius 2 is 1.92 bits per heavy atom. The van der Waals surface area contributed by atoms with Crippen molar-refractivity contribution in [1.82, 2.24) is 5.32 Å². The van der Waals surface area contributed by atoms with Crippen LogP contribution in [0.5, 0.6) is 0 Å². The number of hydrogen-bond acceptors (Lipinski definition) is 2. The first-order chi connectivity index (χ1) is 12.1. The summed E-state index contributed by atoms with van der Waals surface area (Å²) in [7, 11) is 0. The molecule has 4 rings (SSSR count). The zero-order valence-corrected chi connectivity index (χ0v) is 15.2. The molecule has 2 aromatic rings. The van der Waals surface area contributed by atoms with Crippen LogP contribution in [-0.2, 0) is 4.79 Å². The van der Waals surface area contributed by atoms with Gasteiger partial charge < -0.3 is 5.32 Å². The van der Waals surface area contributed by atoms with Gasteiger partial charge in [-0.3, -0.25) is 9.79 Å². The summed E-state index contributed by atoms with van der Waals surface area (Å²) in [5.74, 6) is -0.0353. The minimum atomic E-state index is -0.0353. The van der Waals surface area contributed by atoms with Crippen LogP contribution in [-0.4, -0.2) is 24.2 Å². The van der Waals surface area contributed by atoms with Crippen molar-refractivity contribution < 1.29 is 4.79 Å². The average Bonchev–Trinajstić information content (AvgIpc) is 2.82. The molecule has 0 aliphatic carbocycles. The second kappa shape index (κ2) is 6.32. The van der Waals surface area contributed by atoms with Crippen molar-refractivity contribution in [1.29, 1.82) is 0 Å². The molecule has 0 radical (unpaired) electrons. The van der Waals surface area contributed by atoms with Crippen molar-refractivity contribution in [3.05, 3.63) is 74.8 Å². The molecule has 1 unspecified atom stereocenters. The Bertz CT molecular complexity index is 946. The summed E-state index contributed by atoms with van der Waals surface area (Å²) in [6.45, 7) is 2.40. The summed E-state index contributed by atoms with van der Waals surface area (Å²) in [6.07, 6.45) is 0.827. The van der Waals surface area contributed by atoms with E-state index in [1.165, 1.54) is 0 Å². The molecule has 1 N–H and O–H groups in total. The van der Waals surface area contributed by atoms with Crippen LogP contribution in [0.25, 0.3) is 5.57 Å². The number of hydrogen-bond donors (Lipinski definition) is 1. The van der Waals surface area contributed by atoms with Gasteiger partial charge in [0.1, 0.15) is 0 Å². The first-order valence-electron chi connectivity index (χ1n) is 8.23. The fourth-order valence-electron chi connectivity index (χ4n) is 3.54. The Hall–Kier alpha value is -2.10. The van der Waals surface area contributed by atoms with E-state index in [1.807, 2.05) is 42.5 Å². The number of rotatable bonds is 2. The summed E-state index contributed by atoms with van der Waals surface area (Å²) >= 11 is 12.7. The molecule has 0 bridgehead atoms. The van der Waals surface area contributed by atoms with Crippen LogP contribution in [0.4, 0.5) is 0 Å². The van der Waals surface area contributed by atoms with Crippen molar-refractivity contribution in [3.63, 3.8) is 0 Å². The number of nitrogens with one attached hydrogen (secondary N) is 1. The molecule has 0 fully saturated rings. The molecule has 25 heavy (non-hydrogen) atoms. The maximum atomic E-state index is 12.4. The summed E-state index contributed by atoms with van der Waals surface area (Å²) < 4.78 is 0. The molecule has 0 saturated heterocycles. The fraction of sp³-hybridized carbons (Fsp3) is 0.200. The minimum Gasteiger partial charge on any atom is -0.345 e. The molecule has 0 saturated carbocycles. The lowest BCUT2D eigenvalue weighted by Gasteiger charge is -2.18. The van der Waals surface area contributed by atoms with Gasteiger partial charge in [-0.15, -0.1) is 0 Å². The van der Waals surface area contributed by atoms with Crippen molar-refractivity contribution in [2.45, 2.75) is 19.4 Å². The Balaban J connectivity index is 1.98. The smallest absolute Gasteiger partial charge is 0.249 e. The van der Waals surface area contributed by atoms with E-state index in [1.54, 1.807) is 0 Å². The molecule has 126 valence electrons. The van der Waals surface area contributed by atoms with Crippen molar-refractivity contribution in [3.8, 4) is 0 Å². The Kier molecular flexibility index (Phi) is 4.14. The van der Waals surface area contributed by atoms with E-state index in [9.17, 15) is 4.79 Å². The quantitative estimate of drug-likeness (QED) is 0.830. The standard InChI is InChI=1S/C20H16Cl2N2O/c1-2-17-18-12-8-7-11(21)9-14(12)19(13-5-3-4-6-16(13)22)23-10-15(18)20(25)24-17/h3-9,17H,2,10H2,1H3,(H,24,25). The third-order valence-corrected chi connectivity index (χ3v) is 5.28. The highest BCUT2D eigenvalue weighted by atomic mass is 35.5. The van der Waals surface area contributed by atoms with Crippen LogP contribution in [0, 0.1) is 0 Å². The van der Waals surface area contributed by atoms with Crippen LogP contribution in [0.3, 0.4) is 0 Å². The number of aliphatic imine (C=N–C) groups is 1. The number of benzene rings is 2. The van der Waals surface area contributed by atoms with E-state index < -0.39 is 0 Å². The molecular weight excluding hydrogens is 355 g/mol. The van der Waals surface area contributed by atoms with Gasteiger partial charge in [0.15, 0.2) is 0 Å². The first-order valence-corrected chi connectivity index (χ1v) is 8.99. The van der Waals surface area contributed by atoms with E-state index in [-0.39, 0.29) is 11.9 Å². The molecule has 0 spiro atoms. The molecule has 1 atom stereocenters. The van der Waals surface area contributed by atoms with Gasteiger partial charge in [-0.05, 0) is 35.8 Å². The van der Waals surface area contributed by atoms with Gasteiger partial charge in [-0.25, -0.2) is 0 Å². The number of fused-ring (bicyclic) bond motifs is 2. The number of carbonyl (C=O) groups is 1. The zero-order chi connectivity index (χ0) is 17.6. The predicted octanol–water partition coefficient (Wildman–Crippen LogP) is 4.51. The molecular formula is C20H16Cl2N2O. The molecule has 5 heteroatoms.